The van der Waals surface area contributed by atoms with Gasteiger partial charge in [-0.15, -0.1) is 0 Å². The molecular formula is C19H26N2O5. The highest BCUT2D eigenvalue weighted by Crippen LogP contribution is 2.36. The number of methoxy groups -OCH3 is 1. The van der Waals surface area contributed by atoms with E-state index in [4.69, 9.17) is 9.15 Å². The Morgan fingerprint density at radius 1 is 1.23 bits per heavy atom. The van der Waals surface area contributed by atoms with Gasteiger partial charge in [-0.05, 0) is 44.9 Å². The van der Waals surface area contributed by atoms with Crippen LogP contribution in [0.4, 0.5) is 0 Å². The van der Waals surface area contributed by atoms with Crippen molar-refractivity contribution in [1.82, 2.24) is 9.80 Å². The number of hydrogen-bond acceptors (Lipinski definition) is 6. The number of carbonyl (C=O) groups is 2. The lowest BCUT2D eigenvalue weighted by Crippen LogP contribution is -2.47. The topological polar surface area (TPSA) is 80.1 Å². The Labute approximate surface area is 152 Å². The van der Waals surface area contributed by atoms with Crippen molar-refractivity contribution in [3.05, 3.63) is 33.4 Å². The van der Waals surface area contributed by atoms with E-state index in [9.17, 15) is 14.4 Å². The highest BCUT2D eigenvalue weighted by atomic mass is 16.5. The summed E-state index contributed by atoms with van der Waals surface area (Å²) >= 11 is 0. The third-order valence-electron chi connectivity index (χ3n) is 5.51. The van der Waals surface area contributed by atoms with Gasteiger partial charge in [-0.2, -0.15) is 0 Å². The predicted octanol–water partition coefficient (Wildman–Crippen LogP) is 1.54. The molecule has 0 radical (unpaired) electrons. The maximum Gasteiger partial charge on any atom is 0.349 e. The van der Waals surface area contributed by atoms with E-state index in [1.165, 1.54) is 7.11 Å². The van der Waals surface area contributed by atoms with E-state index in [1.54, 1.807) is 11.8 Å². The lowest BCUT2D eigenvalue weighted by molar-refractivity contribution is -0.146. The molecule has 1 saturated carbocycles. The molecule has 1 saturated heterocycles. The first kappa shape index (κ1) is 18.6. The monoisotopic (exact) mass is 362 g/mol. The summed E-state index contributed by atoms with van der Waals surface area (Å²) in [4.78, 5) is 41.0. The molecule has 3 rings (SSSR count). The van der Waals surface area contributed by atoms with Crippen LogP contribution in [0.5, 0.6) is 0 Å². The highest BCUT2D eigenvalue weighted by Gasteiger charge is 2.33. The molecule has 2 heterocycles. The van der Waals surface area contributed by atoms with Crippen molar-refractivity contribution in [2.45, 2.75) is 44.6 Å². The fraction of sp³-hybridized carbons (Fsp3) is 0.632. The van der Waals surface area contributed by atoms with Crippen LogP contribution < -0.4 is 5.63 Å². The number of carbonyl (C=O) groups excluding carboxylic acids is 2. The van der Waals surface area contributed by atoms with Gasteiger partial charge >= 0.3 is 11.6 Å². The molecule has 2 aliphatic rings. The second-order valence-corrected chi connectivity index (χ2v) is 7.25. The Morgan fingerprint density at radius 3 is 2.54 bits per heavy atom. The summed E-state index contributed by atoms with van der Waals surface area (Å²) < 4.78 is 10.3. The van der Waals surface area contributed by atoms with Crippen LogP contribution in [-0.4, -0.2) is 61.5 Å². The van der Waals surface area contributed by atoms with E-state index in [0.29, 0.717) is 30.3 Å². The van der Waals surface area contributed by atoms with Gasteiger partial charge in [-0.1, -0.05) is 6.42 Å². The van der Waals surface area contributed by atoms with Gasteiger partial charge in [0.05, 0.1) is 7.11 Å². The second kappa shape index (κ2) is 7.61. The molecule has 2 fully saturated rings. The molecule has 0 spiro atoms. The van der Waals surface area contributed by atoms with E-state index in [1.807, 2.05) is 18.0 Å². The maximum absolute atomic E-state index is 13.0. The average Bonchev–Trinajstić information content (AvgIpc) is 2.73. The number of ether oxygens (including phenoxy) is 1. The molecule has 7 heteroatoms. The van der Waals surface area contributed by atoms with E-state index < -0.39 is 11.7 Å². The van der Waals surface area contributed by atoms with E-state index >= 15 is 0 Å². The molecule has 1 aliphatic heterocycles. The summed E-state index contributed by atoms with van der Waals surface area (Å²) in [5.41, 5.74) is 0.130. The first-order valence-electron chi connectivity index (χ1n) is 9.14. The number of likely N-dealkylation sites (N-methyl/N-ethyl adjacent to an activating group) is 1. The van der Waals surface area contributed by atoms with Gasteiger partial charge in [0, 0.05) is 25.6 Å². The molecule has 7 nitrogen and oxygen atoms in total. The van der Waals surface area contributed by atoms with Gasteiger partial charge in [0.2, 0.25) is 0 Å². The number of rotatable bonds is 3. The van der Waals surface area contributed by atoms with Crippen LogP contribution in [0.2, 0.25) is 0 Å². The molecule has 0 bridgehead atoms. The lowest BCUT2D eigenvalue weighted by atomic mass is 9.83. The minimum atomic E-state index is -0.580. The van der Waals surface area contributed by atoms with Crippen molar-refractivity contribution in [2.24, 2.45) is 0 Å². The highest BCUT2D eigenvalue weighted by molar-refractivity contribution is 5.95. The van der Waals surface area contributed by atoms with Crippen LogP contribution >= 0.6 is 0 Å². The molecule has 0 N–H and O–H groups in total. The molecule has 142 valence electrons. The van der Waals surface area contributed by atoms with Crippen LogP contribution in [0.25, 0.3) is 0 Å². The standard InChI is InChI=1S/C19H26N2O5/c1-12-10-15(13-6-4-7-13)26-19(24)16(12)17(22)21-9-5-8-20(2)14(11-21)18(23)25-3/h10,13-14H,4-9,11H2,1-3H3. The molecule has 1 aliphatic carbocycles. The summed E-state index contributed by atoms with van der Waals surface area (Å²) in [7, 11) is 3.17. The van der Waals surface area contributed by atoms with E-state index in [2.05, 4.69) is 0 Å². The average molecular weight is 362 g/mol. The summed E-state index contributed by atoms with van der Waals surface area (Å²) in [5.74, 6) is 0.219. The summed E-state index contributed by atoms with van der Waals surface area (Å²) in [6.45, 7) is 3.14. The molecular weight excluding hydrogens is 336 g/mol. The molecule has 1 unspecified atom stereocenters. The quantitative estimate of drug-likeness (QED) is 0.759. The summed E-state index contributed by atoms with van der Waals surface area (Å²) in [5, 5.41) is 0. The van der Waals surface area contributed by atoms with E-state index in [-0.39, 0.29) is 24.0 Å². The van der Waals surface area contributed by atoms with Crippen LogP contribution in [0.15, 0.2) is 15.3 Å². The normalized spacial score (nSPS) is 21.8. The zero-order chi connectivity index (χ0) is 18.8. The zero-order valence-corrected chi connectivity index (χ0v) is 15.6. The summed E-state index contributed by atoms with van der Waals surface area (Å²) in [6, 6.07) is 1.29. The third-order valence-corrected chi connectivity index (χ3v) is 5.51. The van der Waals surface area contributed by atoms with E-state index in [0.717, 1.165) is 25.7 Å². The molecule has 1 amide bonds. The zero-order valence-electron chi connectivity index (χ0n) is 15.6. The Morgan fingerprint density at radius 2 is 1.96 bits per heavy atom. The van der Waals surface area contributed by atoms with Crippen molar-refractivity contribution >= 4 is 11.9 Å². The van der Waals surface area contributed by atoms with Crippen molar-refractivity contribution < 1.29 is 18.7 Å². The van der Waals surface area contributed by atoms with Gasteiger partial charge in [0.1, 0.15) is 17.4 Å². The predicted molar refractivity (Wildman–Crippen MR) is 95.3 cm³/mol. The Bertz CT molecular complexity index is 753. The first-order valence-corrected chi connectivity index (χ1v) is 9.14. The van der Waals surface area contributed by atoms with Gasteiger partial charge in [-0.3, -0.25) is 14.5 Å². The molecule has 26 heavy (non-hydrogen) atoms. The van der Waals surface area contributed by atoms with Crippen LogP contribution in [0.3, 0.4) is 0 Å². The number of hydrogen-bond donors (Lipinski definition) is 0. The number of amides is 1. The number of aryl methyl sites for hydroxylation is 1. The fourth-order valence-corrected chi connectivity index (χ4v) is 3.62. The van der Waals surface area contributed by atoms with Crippen LogP contribution in [-0.2, 0) is 9.53 Å². The van der Waals surface area contributed by atoms with Gasteiger partial charge < -0.3 is 14.1 Å². The number of esters is 1. The molecule has 1 aromatic rings. The largest absolute Gasteiger partial charge is 0.468 e. The fourth-order valence-electron chi connectivity index (χ4n) is 3.62. The Balaban J connectivity index is 1.86. The Hall–Kier alpha value is -2.15. The van der Waals surface area contributed by atoms with Crippen LogP contribution in [0, 0.1) is 6.92 Å². The number of nitrogens with zero attached hydrogens (tertiary/aromatic N) is 2. The smallest absolute Gasteiger partial charge is 0.349 e. The van der Waals surface area contributed by atoms with Crippen molar-refractivity contribution in [3.8, 4) is 0 Å². The minimum absolute atomic E-state index is 0.0706. The SMILES string of the molecule is COC(=O)C1CN(C(=O)c2c(C)cc(C3CCC3)oc2=O)CCCN1C. The minimum Gasteiger partial charge on any atom is -0.468 e. The van der Waals surface area contributed by atoms with Gasteiger partial charge in [-0.25, -0.2) is 4.79 Å². The summed E-state index contributed by atoms with van der Waals surface area (Å²) in [6.07, 6.45) is 3.91. The van der Waals surface area contributed by atoms with Crippen molar-refractivity contribution in [3.63, 3.8) is 0 Å². The van der Waals surface area contributed by atoms with Crippen LogP contribution in [0.1, 0.15) is 53.3 Å². The van der Waals surface area contributed by atoms with Gasteiger partial charge in [0.15, 0.2) is 0 Å². The third kappa shape index (κ3) is 3.53. The van der Waals surface area contributed by atoms with Crippen molar-refractivity contribution in [1.29, 1.82) is 0 Å². The first-order chi connectivity index (χ1) is 12.4. The van der Waals surface area contributed by atoms with Gasteiger partial charge in [0.25, 0.3) is 5.91 Å². The Kier molecular flexibility index (Phi) is 5.46. The molecule has 0 aromatic carbocycles. The maximum atomic E-state index is 13.0. The second-order valence-electron chi connectivity index (χ2n) is 7.25. The lowest BCUT2D eigenvalue weighted by Gasteiger charge is -2.27. The molecule has 1 aromatic heterocycles. The van der Waals surface area contributed by atoms with Crippen molar-refractivity contribution in [2.75, 3.05) is 33.8 Å². The molecule has 1 atom stereocenters.